The van der Waals surface area contributed by atoms with Gasteiger partial charge < -0.3 is 4.74 Å². The monoisotopic (exact) mass is 424 g/mol. The molecule has 1 heterocycles. The third kappa shape index (κ3) is 4.40. The van der Waals surface area contributed by atoms with Gasteiger partial charge in [-0.15, -0.1) is 11.3 Å². The van der Waals surface area contributed by atoms with Gasteiger partial charge in [0.2, 0.25) is 0 Å². The maximum Gasteiger partial charge on any atom is 0.134 e. The molecule has 0 aliphatic heterocycles. The lowest BCUT2D eigenvalue weighted by Gasteiger charge is -2.07. The van der Waals surface area contributed by atoms with Crippen LogP contribution >= 0.6 is 27.3 Å². The Morgan fingerprint density at radius 3 is 2.77 bits per heavy atom. The van der Waals surface area contributed by atoms with Gasteiger partial charge in [0.1, 0.15) is 16.8 Å². The van der Waals surface area contributed by atoms with Gasteiger partial charge in [-0.2, -0.15) is 5.26 Å². The molecule has 0 bridgehead atoms. The lowest BCUT2D eigenvalue weighted by molar-refractivity contribution is 0.315. The SMILES string of the molecule is CCCOc1ccc(/C=C(/C#N)c2nc(-c3ccccc3)cs2)cc1Br. The lowest BCUT2D eigenvalue weighted by atomic mass is 10.1. The van der Waals surface area contributed by atoms with Gasteiger partial charge in [-0.25, -0.2) is 4.98 Å². The zero-order valence-electron chi connectivity index (χ0n) is 14.3. The summed E-state index contributed by atoms with van der Waals surface area (Å²) in [4.78, 5) is 4.62. The number of thiazole rings is 1. The molecule has 0 aliphatic rings. The van der Waals surface area contributed by atoms with Crippen molar-refractivity contribution in [2.24, 2.45) is 0 Å². The van der Waals surface area contributed by atoms with E-state index in [1.807, 2.05) is 60.0 Å². The highest BCUT2D eigenvalue weighted by Gasteiger charge is 2.10. The van der Waals surface area contributed by atoms with Crippen molar-refractivity contribution in [1.29, 1.82) is 5.26 Å². The number of ether oxygens (including phenoxy) is 1. The van der Waals surface area contributed by atoms with Crippen LogP contribution in [0.2, 0.25) is 0 Å². The lowest BCUT2D eigenvalue weighted by Crippen LogP contribution is -1.95. The van der Waals surface area contributed by atoms with Crippen LogP contribution in [0.15, 0.2) is 58.4 Å². The fourth-order valence-corrected chi connectivity index (χ4v) is 3.69. The first-order valence-corrected chi connectivity index (χ1v) is 9.94. The number of nitriles is 1. The minimum absolute atomic E-state index is 0.548. The van der Waals surface area contributed by atoms with Crippen molar-refractivity contribution in [3.8, 4) is 23.1 Å². The third-order valence-electron chi connectivity index (χ3n) is 3.65. The number of aromatic nitrogens is 1. The highest BCUT2D eigenvalue weighted by atomic mass is 79.9. The largest absolute Gasteiger partial charge is 0.492 e. The van der Waals surface area contributed by atoms with Gasteiger partial charge in [-0.3, -0.25) is 0 Å². The number of nitrogens with zero attached hydrogens (tertiary/aromatic N) is 2. The van der Waals surface area contributed by atoms with Crippen molar-refractivity contribution >= 4 is 38.9 Å². The standard InChI is InChI=1S/C21H17BrN2OS/c1-2-10-25-20-9-8-15(12-18(20)22)11-17(13-23)21-24-19(14-26-21)16-6-4-3-5-7-16/h3-9,11-12,14H,2,10H2,1H3/b17-11-. The molecule has 0 radical (unpaired) electrons. The third-order valence-corrected chi connectivity index (χ3v) is 5.15. The second-order valence-electron chi connectivity index (χ2n) is 5.61. The number of allylic oxidation sites excluding steroid dienone is 1. The van der Waals surface area contributed by atoms with Crippen LogP contribution in [-0.2, 0) is 0 Å². The molecule has 3 rings (SSSR count). The summed E-state index contributed by atoms with van der Waals surface area (Å²) < 4.78 is 6.54. The van der Waals surface area contributed by atoms with Crippen molar-refractivity contribution in [1.82, 2.24) is 4.98 Å². The van der Waals surface area contributed by atoms with E-state index in [0.29, 0.717) is 17.2 Å². The Morgan fingerprint density at radius 2 is 2.08 bits per heavy atom. The summed E-state index contributed by atoms with van der Waals surface area (Å²) in [5, 5.41) is 12.3. The van der Waals surface area contributed by atoms with Crippen LogP contribution in [0.1, 0.15) is 23.9 Å². The second kappa shape index (κ2) is 8.79. The molecule has 130 valence electrons. The van der Waals surface area contributed by atoms with Crippen LogP contribution in [0.3, 0.4) is 0 Å². The Hall–Kier alpha value is -2.42. The fourth-order valence-electron chi connectivity index (χ4n) is 2.38. The normalized spacial score (nSPS) is 11.2. The number of rotatable bonds is 6. The van der Waals surface area contributed by atoms with Gasteiger partial charge >= 0.3 is 0 Å². The maximum absolute atomic E-state index is 9.57. The van der Waals surface area contributed by atoms with Crippen molar-refractivity contribution in [2.75, 3.05) is 6.61 Å². The topological polar surface area (TPSA) is 45.9 Å². The van der Waals surface area contributed by atoms with Gasteiger partial charge in [0, 0.05) is 10.9 Å². The van der Waals surface area contributed by atoms with E-state index in [2.05, 4.69) is 33.9 Å². The second-order valence-corrected chi connectivity index (χ2v) is 7.32. The van der Waals surface area contributed by atoms with E-state index in [0.717, 1.165) is 33.5 Å². The molecule has 2 aromatic carbocycles. The summed E-state index contributed by atoms with van der Waals surface area (Å²) >= 11 is 5.01. The Bertz CT molecular complexity index is 958. The van der Waals surface area contributed by atoms with E-state index in [4.69, 9.17) is 4.74 Å². The summed E-state index contributed by atoms with van der Waals surface area (Å²) in [5.41, 5.74) is 3.41. The number of halogens is 1. The van der Waals surface area contributed by atoms with E-state index < -0.39 is 0 Å². The molecule has 0 saturated heterocycles. The van der Waals surface area contributed by atoms with E-state index in [1.54, 1.807) is 0 Å². The van der Waals surface area contributed by atoms with Crippen molar-refractivity contribution in [3.05, 3.63) is 69.0 Å². The molecule has 0 aliphatic carbocycles. The van der Waals surface area contributed by atoms with Crippen LogP contribution < -0.4 is 4.74 Å². The Morgan fingerprint density at radius 1 is 1.27 bits per heavy atom. The highest BCUT2D eigenvalue weighted by Crippen LogP contribution is 2.30. The molecule has 0 saturated carbocycles. The van der Waals surface area contributed by atoms with Gasteiger partial charge in [-0.1, -0.05) is 43.3 Å². The smallest absolute Gasteiger partial charge is 0.134 e. The summed E-state index contributed by atoms with van der Waals surface area (Å²) in [5.74, 6) is 0.808. The Balaban J connectivity index is 1.86. The Labute approximate surface area is 165 Å². The first-order valence-electron chi connectivity index (χ1n) is 8.26. The maximum atomic E-state index is 9.57. The predicted molar refractivity (Wildman–Crippen MR) is 111 cm³/mol. The molecule has 1 aromatic heterocycles. The number of benzene rings is 2. The van der Waals surface area contributed by atoms with Crippen molar-refractivity contribution in [2.45, 2.75) is 13.3 Å². The van der Waals surface area contributed by atoms with Gasteiger partial charge in [0.25, 0.3) is 0 Å². The first-order chi connectivity index (χ1) is 12.7. The molecule has 0 N–H and O–H groups in total. The number of hydrogen-bond donors (Lipinski definition) is 0. The molecule has 26 heavy (non-hydrogen) atoms. The molecule has 0 spiro atoms. The quantitative estimate of drug-likeness (QED) is 0.428. The zero-order valence-corrected chi connectivity index (χ0v) is 16.7. The van der Waals surface area contributed by atoms with Crippen molar-refractivity contribution in [3.63, 3.8) is 0 Å². The molecule has 0 unspecified atom stereocenters. The molecular formula is C21H17BrN2OS. The first kappa shape index (κ1) is 18.4. The van der Waals surface area contributed by atoms with E-state index in [1.165, 1.54) is 11.3 Å². The predicted octanol–water partition coefficient (Wildman–Crippen LogP) is 6.43. The van der Waals surface area contributed by atoms with Gasteiger partial charge in [0.15, 0.2) is 0 Å². The van der Waals surface area contributed by atoms with Crippen LogP contribution in [0.5, 0.6) is 5.75 Å². The van der Waals surface area contributed by atoms with E-state index in [-0.39, 0.29) is 0 Å². The molecule has 0 fully saturated rings. The van der Waals surface area contributed by atoms with Crippen LogP contribution in [0.25, 0.3) is 22.9 Å². The molecule has 0 amide bonds. The summed E-state index contributed by atoms with van der Waals surface area (Å²) in [6.45, 7) is 2.75. The zero-order chi connectivity index (χ0) is 18.4. The molecule has 3 aromatic rings. The van der Waals surface area contributed by atoms with Crippen LogP contribution in [0.4, 0.5) is 0 Å². The van der Waals surface area contributed by atoms with Gasteiger partial charge in [0.05, 0.1) is 22.3 Å². The summed E-state index contributed by atoms with van der Waals surface area (Å²) in [6, 6.07) is 18.0. The van der Waals surface area contributed by atoms with E-state index in [9.17, 15) is 5.26 Å². The Kier molecular flexibility index (Phi) is 6.21. The number of hydrogen-bond acceptors (Lipinski definition) is 4. The van der Waals surface area contributed by atoms with Crippen molar-refractivity contribution < 1.29 is 4.74 Å². The van der Waals surface area contributed by atoms with Crippen LogP contribution in [0, 0.1) is 11.3 Å². The molecule has 5 heteroatoms. The molecule has 0 atom stereocenters. The average molecular weight is 425 g/mol. The van der Waals surface area contributed by atoms with Crippen LogP contribution in [-0.4, -0.2) is 11.6 Å². The van der Waals surface area contributed by atoms with E-state index >= 15 is 0 Å². The minimum atomic E-state index is 0.548. The summed E-state index contributed by atoms with van der Waals surface area (Å²) in [7, 11) is 0. The van der Waals surface area contributed by atoms with Gasteiger partial charge in [-0.05, 0) is 46.1 Å². The average Bonchev–Trinajstić information content (AvgIpc) is 3.16. The molecule has 3 nitrogen and oxygen atoms in total. The fraction of sp³-hybridized carbons (Fsp3) is 0.143. The highest BCUT2D eigenvalue weighted by molar-refractivity contribution is 9.10. The summed E-state index contributed by atoms with van der Waals surface area (Å²) in [6.07, 6.45) is 2.81. The molecular weight excluding hydrogens is 408 g/mol. The minimum Gasteiger partial charge on any atom is -0.492 e.